The van der Waals surface area contributed by atoms with E-state index in [1.807, 2.05) is 0 Å². The van der Waals surface area contributed by atoms with Crippen LogP contribution in [0.2, 0.25) is 10.0 Å². The number of nitrogens with zero attached hydrogens (tertiary/aromatic N) is 1. The summed E-state index contributed by atoms with van der Waals surface area (Å²) in [5.74, 6) is 1.20. The molecule has 6 atom stereocenters. The van der Waals surface area contributed by atoms with Crippen molar-refractivity contribution in [3.8, 4) is 0 Å². The molecule has 1 aromatic carbocycles. The molecule has 0 radical (unpaired) electrons. The first kappa shape index (κ1) is 13.1. The normalized spacial score (nSPS) is 40.9. The maximum atomic E-state index is 12.9. The molecule has 2 saturated carbocycles. The molecular formula is C17H13Cl2NO2. The molecule has 5 heteroatoms. The van der Waals surface area contributed by atoms with Gasteiger partial charge in [0.2, 0.25) is 11.8 Å². The first-order valence-electron chi connectivity index (χ1n) is 7.59. The lowest BCUT2D eigenvalue weighted by Gasteiger charge is -2.37. The van der Waals surface area contributed by atoms with Gasteiger partial charge in [-0.2, -0.15) is 0 Å². The van der Waals surface area contributed by atoms with Crippen molar-refractivity contribution in [2.45, 2.75) is 6.42 Å². The molecule has 22 heavy (non-hydrogen) atoms. The van der Waals surface area contributed by atoms with Gasteiger partial charge in [0.1, 0.15) is 0 Å². The smallest absolute Gasteiger partial charge is 0.238 e. The van der Waals surface area contributed by atoms with Gasteiger partial charge in [-0.1, -0.05) is 35.4 Å². The zero-order valence-electron chi connectivity index (χ0n) is 11.6. The third-order valence-corrected chi connectivity index (χ3v) is 6.56. The monoisotopic (exact) mass is 333 g/mol. The summed E-state index contributed by atoms with van der Waals surface area (Å²) in [6.45, 7) is 0. The summed E-state index contributed by atoms with van der Waals surface area (Å²) in [7, 11) is 0. The van der Waals surface area contributed by atoms with Gasteiger partial charge in [0, 0.05) is 0 Å². The van der Waals surface area contributed by atoms with Crippen LogP contribution in [0.5, 0.6) is 0 Å². The Kier molecular flexibility index (Phi) is 2.48. The minimum Gasteiger partial charge on any atom is -0.274 e. The average Bonchev–Trinajstić information content (AvgIpc) is 3.28. The van der Waals surface area contributed by atoms with E-state index in [1.165, 1.54) is 11.3 Å². The Morgan fingerprint density at radius 3 is 2.05 bits per heavy atom. The minimum absolute atomic E-state index is 0.0712. The number of amides is 2. The van der Waals surface area contributed by atoms with Crippen molar-refractivity contribution in [3.63, 3.8) is 0 Å². The number of hydrogen-bond acceptors (Lipinski definition) is 2. The van der Waals surface area contributed by atoms with E-state index >= 15 is 0 Å². The van der Waals surface area contributed by atoms with Crippen LogP contribution in [0.1, 0.15) is 6.42 Å². The SMILES string of the molecule is O=C1[C@@H]2[C@@H]3C=C[C@H]([C@H]4C[C@H]34)[C@@H]2C(=O)N1c1ccc(Cl)c(Cl)c1. The van der Waals surface area contributed by atoms with E-state index in [4.69, 9.17) is 23.2 Å². The lowest BCUT2D eigenvalue weighted by Crippen LogP contribution is -2.40. The van der Waals surface area contributed by atoms with E-state index in [9.17, 15) is 9.59 Å². The predicted octanol–water partition coefficient (Wildman–Crippen LogP) is 3.55. The maximum absolute atomic E-state index is 12.9. The van der Waals surface area contributed by atoms with Crippen molar-refractivity contribution in [1.29, 1.82) is 0 Å². The van der Waals surface area contributed by atoms with Crippen molar-refractivity contribution in [1.82, 2.24) is 0 Å². The van der Waals surface area contributed by atoms with Gasteiger partial charge in [0.15, 0.2) is 0 Å². The summed E-state index contributed by atoms with van der Waals surface area (Å²) in [6.07, 6.45) is 5.51. The molecule has 3 fully saturated rings. The molecule has 0 spiro atoms. The molecule has 6 rings (SSSR count). The molecule has 0 unspecified atom stereocenters. The Morgan fingerprint density at radius 2 is 1.50 bits per heavy atom. The highest BCUT2D eigenvalue weighted by molar-refractivity contribution is 6.42. The van der Waals surface area contributed by atoms with E-state index < -0.39 is 0 Å². The Labute approximate surface area is 137 Å². The summed E-state index contributed by atoms with van der Waals surface area (Å²) in [4.78, 5) is 27.1. The number of carbonyl (C=O) groups excluding carboxylic acids is 2. The summed E-state index contributed by atoms with van der Waals surface area (Å²) in [6, 6.07) is 4.93. The quantitative estimate of drug-likeness (QED) is 0.582. The number of allylic oxidation sites excluding steroid dienone is 2. The zero-order valence-corrected chi connectivity index (χ0v) is 13.1. The number of anilines is 1. The van der Waals surface area contributed by atoms with E-state index in [-0.39, 0.29) is 35.5 Å². The van der Waals surface area contributed by atoms with Crippen molar-refractivity contribution >= 4 is 40.7 Å². The molecule has 3 nitrogen and oxygen atoms in total. The van der Waals surface area contributed by atoms with Crippen molar-refractivity contribution in [2.75, 3.05) is 4.90 Å². The molecule has 1 heterocycles. The largest absolute Gasteiger partial charge is 0.274 e. The molecule has 1 aromatic rings. The number of halogens is 2. The topological polar surface area (TPSA) is 37.4 Å². The molecular weight excluding hydrogens is 321 g/mol. The number of rotatable bonds is 1. The number of hydrogen-bond donors (Lipinski definition) is 0. The summed E-state index contributed by atoms with van der Waals surface area (Å²) < 4.78 is 0. The second-order valence-corrected chi connectivity index (χ2v) is 7.58. The van der Waals surface area contributed by atoms with Crippen molar-refractivity contribution in [3.05, 3.63) is 40.4 Å². The van der Waals surface area contributed by atoms with Gasteiger partial charge >= 0.3 is 0 Å². The van der Waals surface area contributed by atoms with E-state index in [0.717, 1.165) is 0 Å². The first-order valence-corrected chi connectivity index (χ1v) is 8.34. The number of imide groups is 1. The van der Waals surface area contributed by atoms with E-state index in [2.05, 4.69) is 12.2 Å². The van der Waals surface area contributed by atoms with Gasteiger partial charge in [-0.25, -0.2) is 4.90 Å². The van der Waals surface area contributed by atoms with Crippen molar-refractivity contribution in [2.24, 2.45) is 35.5 Å². The lowest BCUT2D eigenvalue weighted by atomic mass is 9.63. The van der Waals surface area contributed by atoms with Crippen LogP contribution < -0.4 is 4.90 Å². The highest BCUT2D eigenvalue weighted by atomic mass is 35.5. The first-order chi connectivity index (χ1) is 10.6. The fourth-order valence-corrected chi connectivity index (χ4v) is 5.13. The second-order valence-electron chi connectivity index (χ2n) is 6.76. The fraction of sp³-hybridized carbons (Fsp3) is 0.412. The van der Waals surface area contributed by atoms with Crippen LogP contribution in [0.15, 0.2) is 30.4 Å². The predicted molar refractivity (Wildman–Crippen MR) is 83.7 cm³/mol. The van der Waals surface area contributed by atoms with Crippen LogP contribution in [0.4, 0.5) is 5.69 Å². The van der Waals surface area contributed by atoms with Gasteiger partial charge in [0.05, 0.1) is 27.6 Å². The third kappa shape index (κ3) is 1.49. The lowest BCUT2D eigenvalue weighted by molar-refractivity contribution is -0.124. The third-order valence-electron chi connectivity index (χ3n) is 5.82. The van der Waals surface area contributed by atoms with Gasteiger partial charge in [-0.15, -0.1) is 0 Å². The molecule has 5 aliphatic rings. The fourth-order valence-electron chi connectivity index (χ4n) is 4.84. The highest BCUT2D eigenvalue weighted by Gasteiger charge is 2.67. The summed E-state index contributed by atoms with van der Waals surface area (Å²) in [5, 5.41) is 0.781. The summed E-state index contributed by atoms with van der Waals surface area (Å²) >= 11 is 12.0. The molecule has 4 aliphatic carbocycles. The standard InChI is InChI=1S/C17H13Cl2NO2/c18-12-4-1-7(5-13(12)19)20-16(21)14-8-2-3-9(11-6-10(8)11)15(14)17(20)22/h1-5,8-11,14-15H,6H2/t8-,9-,10-,11-,14-,15+/m1/s1. The Bertz CT molecular complexity index is 723. The molecule has 1 saturated heterocycles. The molecule has 2 bridgehead atoms. The van der Waals surface area contributed by atoms with Gasteiger partial charge in [0.25, 0.3) is 0 Å². The second kappa shape index (κ2) is 4.15. The Hall–Kier alpha value is -1.32. The molecule has 0 N–H and O–H groups in total. The highest BCUT2D eigenvalue weighted by Crippen LogP contribution is 2.65. The molecule has 0 aromatic heterocycles. The van der Waals surface area contributed by atoms with Crippen LogP contribution in [0.3, 0.4) is 0 Å². The number of carbonyl (C=O) groups is 2. The van der Waals surface area contributed by atoms with Crippen LogP contribution >= 0.6 is 23.2 Å². The van der Waals surface area contributed by atoms with Gasteiger partial charge in [-0.3, -0.25) is 9.59 Å². The Balaban J connectivity index is 1.58. The zero-order chi connectivity index (χ0) is 15.2. The van der Waals surface area contributed by atoms with Crippen LogP contribution in [0, 0.1) is 35.5 Å². The van der Waals surface area contributed by atoms with E-state index in [0.29, 0.717) is 27.6 Å². The molecule has 2 amide bonds. The maximum Gasteiger partial charge on any atom is 0.238 e. The average molecular weight is 334 g/mol. The van der Waals surface area contributed by atoms with Crippen molar-refractivity contribution < 1.29 is 9.59 Å². The van der Waals surface area contributed by atoms with Crippen LogP contribution in [0.25, 0.3) is 0 Å². The molecule has 112 valence electrons. The summed E-state index contributed by atoms with van der Waals surface area (Å²) in [5.41, 5.74) is 0.534. The van der Waals surface area contributed by atoms with Crippen LogP contribution in [-0.2, 0) is 9.59 Å². The number of benzene rings is 1. The molecule has 1 aliphatic heterocycles. The van der Waals surface area contributed by atoms with Gasteiger partial charge in [-0.05, 0) is 48.3 Å². The minimum atomic E-state index is -0.180. The van der Waals surface area contributed by atoms with Crippen LogP contribution in [-0.4, -0.2) is 11.8 Å². The van der Waals surface area contributed by atoms with E-state index in [1.54, 1.807) is 18.2 Å². The van der Waals surface area contributed by atoms with Gasteiger partial charge < -0.3 is 0 Å². The Morgan fingerprint density at radius 1 is 0.909 bits per heavy atom.